The first-order valence-corrected chi connectivity index (χ1v) is 10.7. The highest BCUT2D eigenvalue weighted by atomic mass is 19.1. The lowest BCUT2D eigenvalue weighted by Gasteiger charge is -2.38. The SMILES string of the molecule is C[C@@H]1N(c2cccc(F)c2N2CC3C4(Oc5nocc54)[C@]3(C)C2)C(=O)O[C@@]12Oc1nocc12. The smallest absolute Gasteiger partial charge is 0.418 e. The molecule has 168 valence electrons. The molecule has 1 aliphatic carbocycles. The Bertz CT molecular complexity index is 1390. The molecule has 1 amide bonds. The highest BCUT2D eigenvalue weighted by Crippen LogP contribution is 2.78. The zero-order valence-corrected chi connectivity index (χ0v) is 17.6. The van der Waals surface area contributed by atoms with Crippen molar-refractivity contribution in [2.24, 2.45) is 11.3 Å². The van der Waals surface area contributed by atoms with E-state index in [-0.39, 0.29) is 11.3 Å². The Hall–Kier alpha value is -3.76. The highest BCUT2D eigenvalue weighted by molar-refractivity contribution is 5.96. The average Bonchev–Trinajstić information content (AvgIpc) is 3.29. The second-order valence-electron chi connectivity index (χ2n) is 9.55. The largest absolute Gasteiger partial charge is 0.462 e. The molecule has 5 atom stereocenters. The number of fused-ring (bicyclic) bond motifs is 7. The number of carbonyl (C=O) groups excluding carboxylic acids is 1. The number of anilines is 2. The summed E-state index contributed by atoms with van der Waals surface area (Å²) in [5.74, 6) is -0.733. The van der Waals surface area contributed by atoms with Crippen molar-refractivity contribution in [1.29, 1.82) is 0 Å². The van der Waals surface area contributed by atoms with Gasteiger partial charge in [-0.25, -0.2) is 9.18 Å². The summed E-state index contributed by atoms with van der Waals surface area (Å²) in [6.07, 6.45) is 2.43. The van der Waals surface area contributed by atoms with Crippen molar-refractivity contribution in [3.05, 3.63) is 47.7 Å². The van der Waals surface area contributed by atoms with E-state index in [2.05, 4.69) is 17.2 Å². The van der Waals surface area contributed by atoms with Gasteiger partial charge in [0.25, 0.3) is 11.8 Å². The van der Waals surface area contributed by atoms with Crippen LogP contribution in [0.15, 0.2) is 39.8 Å². The fourth-order valence-corrected chi connectivity index (χ4v) is 6.52. The quantitative estimate of drug-likeness (QED) is 0.580. The van der Waals surface area contributed by atoms with Gasteiger partial charge in [0.05, 0.1) is 16.9 Å². The van der Waals surface area contributed by atoms with Crippen LogP contribution in [0.5, 0.6) is 11.8 Å². The van der Waals surface area contributed by atoms with E-state index in [9.17, 15) is 4.79 Å². The predicted molar refractivity (Wildman–Crippen MR) is 106 cm³/mol. The molecule has 5 aliphatic rings. The van der Waals surface area contributed by atoms with Crippen LogP contribution in [-0.2, 0) is 16.1 Å². The van der Waals surface area contributed by atoms with Gasteiger partial charge >= 0.3 is 11.9 Å². The van der Waals surface area contributed by atoms with E-state index in [1.54, 1.807) is 25.3 Å². The summed E-state index contributed by atoms with van der Waals surface area (Å²) in [4.78, 5) is 16.4. The minimum absolute atomic E-state index is 0.160. The van der Waals surface area contributed by atoms with Crippen molar-refractivity contribution in [3.63, 3.8) is 0 Å². The molecule has 8 rings (SSSR count). The number of carbonyl (C=O) groups is 1. The number of amides is 1. The van der Waals surface area contributed by atoms with Crippen LogP contribution in [-0.4, -0.2) is 35.5 Å². The third-order valence-electron chi connectivity index (χ3n) is 8.22. The maximum absolute atomic E-state index is 15.3. The van der Waals surface area contributed by atoms with Gasteiger partial charge in [0, 0.05) is 24.4 Å². The standard InChI is InChI=1S/C22H17FN4O6/c1-10-22(12-8-30-25-18(12)32-22)33-19(28)27(10)14-5-3-4-13(23)16(14)26-6-15-20(2,9-26)21(15)11-7-29-24-17(11)31-21/h3-5,7-8,10,15H,6,9H2,1-2H3/t10-,15?,20+,21?,22-/m0/s1. The van der Waals surface area contributed by atoms with Crippen molar-refractivity contribution in [2.75, 3.05) is 22.9 Å². The Balaban J connectivity index is 1.15. The maximum atomic E-state index is 15.3. The summed E-state index contributed by atoms with van der Waals surface area (Å²) in [7, 11) is 0. The lowest BCUT2D eigenvalue weighted by molar-refractivity contribution is -0.170. The molecule has 33 heavy (non-hydrogen) atoms. The first kappa shape index (κ1) is 17.8. The van der Waals surface area contributed by atoms with Gasteiger partial charge in [0.1, 0.15) is 29.9 Å². The molecule has 4 aliphatic heterocycles. The molecule has 0 bridgehead atoms. The molecule has 0 N–H and O–H groups in total. The second kappa shape index (κ2) is 5.08. The van der Waals surface area contributed by atoms with Crippen molar-refractivity contribution in [2.45, 2.75) is 31.3 Å². The van der Waals surface area contributed by atoms with Crippen LogP contribution in [0.3, 0.4) is 0 Å². The Kier molecular flexibility index (Phi) is 2.73. The van der Waals surface area contributed by atoms with Crippen molar-refractivity contribution < 1.29 is 32.4 Å². The number of hydrogen-bond acceptors (Lipinski definition) is 9. The van der Waals surface area contributed by atoms with Gasteiger partial charge in [0.15, 0.2) is 5.60 Å². The molecule has 11 heteroatoms. The van der Waals surface area contributed by atoms with Gasteiger partial charge < -0.3 is 28.2 Å². The van der Waals surface area contributed by atoms with Crippen LogP contribution in [0, 0.1) is 17.2 Å². The molecule has 6 heterocycles. The fraction of sp³-hybridized carbons (Fsp3) is 0.409. The fourth-order valence-electron chi connectivity index (χ4n) is 6.52. The number of halogens is 1. The first-order chi connectivity index (χ1) is 15.9. The molecule has 3 aromatic rings. The first-order valence-electron chi connectivity index (χ1n) is 10.7. The molecular formula is C22H17FN4O6. The number of nitrogens with zero attached hydrogens (tertiary/aromatic N) is 4. The minimum atomic E-state index is -1.32. The van der Waals surface area contributed by atoms with Gasteiger partial charge in [-0.1, -0.05) is 13.0 Å². The molecule has 10 nitrogen and oxygen atoms in total. The molecule has 2 saturated heterocycles. The van der Waals surface area contributed by atoms with Gasteiger partial charge in [-0.15, -0.1) is 0 Å². The van der Waals surface area contributed by atoms with E-state index in [1.807, 2.05) is 4.90 Å². The zero-order chi connectivity index (χ0) is 22.3. The van der Waals surface area contributed by atoms with Gasteiger partial charge in [0.2, 0.25) is 0 Å². The molecule has 2 aromatic heterocycles. The van der Waals surface area contributed by atoms with Crippen molar-refractivity contribution in [3.8, 4) is 11.8 Å². The number of piperidine rings is 1. The number of benzene rings is 1. The number of rotatable bonds is 2. The van der Waals surface area contributed by atoms with E-state index in [4.69, 9.17) is 23.3 Å². The van der Waals surface area contributed by atoms with Crippen LogP contribution < -0.4 is 19.3 Å². The molecule has 2 unspecified atom stereocenters. The van der Waals surface area contributed by atoms with E-state index in [1.165, 1.54) is 17.2 Å². The van der Waals surface area contributed by atoms with E-state index in [0.29, 0.717) is 41.8 Å². The topological polar surface area (TPSA) is 103 Å². The Morgan fingerprint density at radius 3 is 2.55 bits per heavy atom. The number of hydrogen-bond donors (Lipinski definition) is 0. The summed E-state index contributed by atoms with van der Waals surface area (Å²) in [6.45, 7) is 5.06. The van der Waals surface area contributed by atoms with Crippen LogP contribution >= 0.6 is 0 Å². The van der Waals surface area contributed by atoms with Crippen molar-refractivity contribution >= 4 is 17.5 Å². The Labute approximate surface area is 185 Å². The van der Waals surface area contributed by atoms with Gasteiger partial charge in [-0.05, 0) is 29.4 Å². The number of ether oxygens (including phenoxy) is 3. The molecule has 1 aromatic carbocycles. The maximum Gasteiger partial charge on any atom is 0.418 e. The predicted octanol–water partition coefficient (Wildman–Crippen LogP) is 3.14. The molecule has 1 saturated carbocycles. The summed E-state index contributed by atoms with van der Waals surface area (Å²) >= 11 is 0. The van der Waals surface area contributed by atoms with Crippen LogP contribution in [0.1, 0.15) is 25.0 Å². The monoisotopic (exact) mass is 452 g/mol. The number of aromatic nitrogens is 2. The molecule has 0 radical (unpaired) electrons. The average molecular weight is 452 g/mol. The van der Waals surface area contributed by atoms with Crippen LogP contribution in [0.2, 0.25) is 0 Å². The lowest BCUT2D eigenvalue weighted by atomic mass is 9.94. The van der Waals surface area contributed by atoms with Crippen LogP contribution in [0.25, 0.3) is 0 Å². The summed E-state index contributed by atoms with van der Waals surface area (Å²) in [6, 6.07) is 4.15. The highest BCUT2D eigenvalue weighted by Gasteiger charge is 2.85. The normalized spacial score (nSPS) is 36.5. The second-order valence-corrected chi connectivity index (χ2v) is 9.55. The minimum Gasteiger partial charge on any atom is -0.462 e. The van der Waals surface area contributed by atoms with E-state index >= 15 is 4.39 Å². The van der Waals surface area contributed by atoms with Gasteiger partial charge in [-0.3, -0.25) is 4.90 Å². The van der Waals surface area contributed by atoms with Gasteiger partial charge in [-0.2, -0.15) is 0 Å². The third kappa shape index (κ3) is 1.69. The summed E-state index contributed by atoms with van der Waals surface area (Å²) in [5.41, 5.74) is 1.70. The van der Waals surface area contributed by atoms with E-state index in [0.717, 1.165) is 5.56 Å². The molecular weight excluding hydrogens is 435 g/mol. The van der Waals surface area contributed by atoms with Crippen LogP contribution in [0.4, 0.5) is 20.6 Å². The third-order valence-corrected chi connectivity index (χ3v) is 8.22. The Morgan fingerprint density at radius 1 is 1.09 bits per heavy atom. The molecule has 3 fully saturated rings. The number of para-hydroxylation sites is 1. The summed E-state index contributed by atoms with van der Waals surface area (Å²) < 4.78 is 42.6. The van der Waals surface area contributed by atoms with Crippen molar-refractivity contribution in [1.82, 2.24) is 10.3 Å². The molecule has 2 spiro atoms. The lowest BCUT2D eigenvalue weighted by Crippen LogP contribution is -2.51. The zero-order valence-electron chi connectivity index (χ0n) is 17.6. The van der Waals surface area contributed by atoms with E-state index < -0.39 is 29.3 Å². The summed E-state index contributed by atoms with van der Waals surface area (Å²) in [5, 5.41) is 7.59. The Morgan fingerprint density at radius 2 is 1.85 bits per heavy atom.